The van der Waals surface area contributed by atoms with Gasteiger partial charge in [0.15, 0.2) is 0 Å². The van der Waals surface area contributed by atoms with Crippen molar-refractivity contribution in [3.05, 3.63) is 59.7 Å². The van der Waals surface area contributed by atoms with Gasteiger partial charge in [0.1, 0.15) is 0 Å². The summed E-state index contributed by atoms with van der Waals surface area (Å²) in [6, 6.07) is 13.7. The number of nitrogens with one attached hydrogen (secondary N) is 2. The Labute approximate surface area is 145 Å². The van der Waals surface area contributed by atoms with Crippen molar-refractivity contribution in [2.45, 2.75) is 0 Å². The topological polar surface area (TPSA) is 90.9 Å². The molecule has 2 aromatic rings. The maximum atomic E-state index is 12.3. The van der Waals surface area contributed by atoms with E-state index in [1.165, 1.54) is 12.1 Å². The molecule has 7 heteroatoms. The van der Waals surface area contributed by atoms with Crippen LogP contribution in [-0.4, -0.2) is 43.3 Å². The van der Waals surface area contributed by atoms with E-state index in [1.807, 2.05) is 12.1 Å². The molecule has 2 amide bonds. The second kappa shape index (κ2) is 7.78. The molecule has 0 saturated carbocycles. The summed E-state index contributed by atoms with van der Waals surface area (Å²) in [5.74, 6) is -0.829. The van der Waals surface area contributed by atoms with Crippen LogP contribution >= 0.6 is 0 Å². The van der Waals surface area contributed by atoms with Crippen molar-refractivity contribution in [1.29, 1.82) is 0 Å². The van der Waals surface area contributed by atoms with Gasteiger partial charge >= 0.3 is 0 Å². The summed E-state index contributed by atoms with van der Waals surface area (Å²) >= 11 is 0. The Bertz CT molecular complexity index is 738. The number of hydrogen-bond acceptors (Lipinski definition) is 5. The van der Waals surface area contributed by atoms with Gasteiger partial charge in [0.2, 0.25) is 0 Å². The van der Waals surface area contributed by atoms with Crippen LogP contribution in [0, 0.1) is 0 Å². The average Bonchev–Trinajstić information content (AvgIpc) is 2.68. The molecule has 130 valence electrons. The van der Waals surface area contributed by atoms with E-state index in [4.69, 9.17) is 9.94 Å². The molecule has 1 saturated heterocycles. The number of rotatable bonds is 4. The molecule has 0 bridgehead atoms. The SMILES string of the molecule is O=C(NO)c1ccc(NC(=O)c2ccc(N3CCOCC3)cc2)cc1. The summed E-state index contributed by atoms with van der Waals surface area (Å²) in [6.07, 6.45) is 0. The lowest BCUT2D eigenvalue weighted by Gasteiger charge is -2.28. The number of hydrogen-bond donors (Lipinski definition) is 3. The number of hydroxylamine groups is 1. The number of anilines is 2. The molecule has 0 radical (unpaired) electrons. The van der Waals surface area contributed by atoms with E-state index in [0.29, 0.717) is 30.0 Å². The van der Waals surface area contributed by atoms with Crippen molar-refractivity contribution < 1.29 is 19.5 Å². The summed E-state index contributed by atoms with van der Waals surface area (Å²) in [6.45, 7) is 3.12. The van der Waals surface area contributed by atoms with Crippen LogP contribution in [0.4, 0.5) is 11.4 Å². The molecule has 3 N–H and O–H groups in total. The molecule has 1 heterocycles. The number of carbonyl (C=O) groups is 2. The van der Waals surface area contributed by atoms with Crippen LogP contribution in [-0.2, 0) is 4.74 Å². The number of nitrogens with zero attached hydrogens (tertiary/aromatic N) is 1. The Kier molecular flexibility index (Phi) is 5.27. The number of benzene rings is 2. The van der Waals surface area contributed by atoms with E-state index in [2.05, 4.69) is 10.2 Å². The van der Waals surface area contributed by atoms with Gasteiger partial charge in [-0.3, -0.25) is 14.8 Å². The van der Waals surface area contributed by atoms with Gasteiger partial charge in [-0.1, -0.05) is 0 Å². The number of morpholine rings is 1. The van der Waals surface area contributed by atoms with Crippen LogP contribution < -0.4 is 15.7 Å². The lowest BCUT2D eigenvalue weighted by atomic mass is 10.1. The molecule has 0 unspecified atom stereocenters. The lowest BCUT2D eigenvalue weighted by molar-refractivity contribution is 0.0706. The highest BCUT2D eigenvalue weighted by Crippen LogP contribution is 2.18. The maximum Gasteiger partial charge on any atom is 0.274 e. The highest BCUT2D eigenvalue weighted by molar-refractivity contribution is 6.04. The van der Waals surface area contributed by atoms with Gasteiger partial charge in [0, 0.05) is 35.6 Å². The second-order valence-electron chi connectivity index (χ2n) is 5.62. The highest BCUT2D eigenvalue weighted by Gasteiger charge is 2.12. The Morgan fingerprint density at radius 3 is 2.04 bits per heavy atom. The van der Waals surface area contributed by atoms with Crippen molar-refractivity contribution in [2.24, 2.45) is 0 Å². The monoisotopic (exact) mass is 341 g/mol. The molecular formula is C18H19N3O4. The van der Waals surface area contributed by atoms with Gasteiger partial charge in [-0.05, 0) is 48.5 Å². The molecule has 1 aliphatic rings. The standard InChI is InChI=1S/C18H19N3O4/c22-17(19-15-5-1-14(2-6-15)18(23)20-24)13-3-7-16(8-4-13)21-9-11-25-12-10-21/h1-8,24H,9-12H2,(H,19,22)(H,20,23). The molecular weight excluding hydrogens is 322 g/mol. The third kappa shape index (κ3) is 4.14. The van der Waals surface area contributed by atoms with Gasteiger partial charge in [0.25, 0.3) is 11.8 Å². The first-order valence-corrected chi connectivity index (χ1v) is 7.96. The van der Waals surface area contributed by atoms with E-state index < -0.39 is 5.91 Å². The van der Waals surface area contributed by atoms with Gasteiger partial charge in [-0.15, -0.1) is 0 Å². The summed E-state index contributed by atoms with van der Waals surface area (Å²) in [4.78, 5) is 25.8. The lowest BCUT2D eigenvalue weighted by Crippen LogP contribution is -2.36. The van der Waals surface area contributed by atoms with Crippen LogP contribution in [0.2, 0.25) is 0 Å². The smallest absolute Gasteiger partial charge is 0.274 e. The fourth-order valence-electron chi connectivity index (χ4n) is 2.62. The highest BCUT2D eigenvalue weighted by atomic mass is 16.5. The zero-order valence-corrected chi connectivity index (χ0v) is 13.6. The summed E-state index contributed by atoms with van der Waals surface area (Å²) in [5.41, 5.74) is 4.05. The third-order valence-corrected chi connectivity index (χ3v) is 4.01. The summed E-state index contributed by atoms with van der Waals surface area (Å²) in [7, 11) is 0. The molecule has 0 spiro atoms. The third-order valence-electron chi connectivity index (χ3n) is 4.01. The minimum absolute atomic E-state index is 0.229. The number of carbonyl (C=O) groups excluding carboxylic acids is 2. The zero-order chi connectivity index (χ0) is 17.6. The van der Waals surface area contributed by atoms with Crippen molar-refractivity contribution in [3.63, 3.8) is 0 Å². The minimum atomic E-state index is -0.600. The van der Waals surface area contributed by atoms with Crippen molar-refractivity contribution in [1.82, 2.24) is 5.48 Å². The Morgan fingerprint density at radius 2 is 1.44 bits per heavy atom. The minimum Gasteiger partial charge on any atom is -0.378 e. The largest absolute Gasteiger partial charge is 0.378 e. The molecule has 3 rings (SSSR count). The van der Waals surface area contributed by atoms with Crippen molar-refractivity contribution >= 4 is 23.2 Å². The quantitative estimate of drug-likeness (QED) is 0.584. The molecule has 2 aromatic carbocycles. The fourth-order valence-corrected chi connectivity index (χ4v) is 2.62. The maximum absolute atomic E-state index is 12.3. The second-order valence-corrected chi connectivity index (χ2v) is 5.62. The molecule has 7 nitrogen and oxygen atoms in total. The van der Waals surface area contributed by atoms with E-state index >= 15 is 0 Å². The zero-order valence-electron chi connectivity index (χ0n) is 13.6. The van der Waals surface area contributed by atoms with E-state index in [9.17, 15) is 9.59 Å². The normalized spacial score (nSPS) is 14.0. The van der Waals surface area contributed by atoms with Crippen LogP contribution in [0.15, 0.2) is 48.5 Å². The van der Waals surface area contributed by atoms with Crippen molar-refractivity contribution in [3.8, 4) is 0 Å². The Hall–Kier alpha value is -2.90. The number of amides is 2. The molecule has 25 heavy (non-hydrogen) atoms. The predicted octanol–water partition coefficient (Wildman–Crippen LogP) is 1.89. The van der Waals surface area contributed by atoms with Crippen LogP contribution in [0.3, 0.4) is 0 Å². The fraction of sp³-hybridized carbons (Fsp3) is 0.222. The Morgan fingerprint density at radius 1 is 0.880 bits per heavy atom. The molecule has 0 aliphatic carbocycles. The molecule has 1 fully saturated rings. The average molecular weight is 341 g/mol. The van der Waals surface area contributed by atoms with Gasteiger partial charge in [-0.25, -0.2) is 5.48 Å². The molecule has 0 atom stereocenters. The van der Waals surface area contributed by atoms with Gasteiger partial charge in [-0.2, -0.15) is 0 Å². The van der Waals surface area contributed by atoms with Crippen molar-refractivity contribution in [2.75, 3.05) is 36.5 Å². The number of ether oxygens (including phenoxy) is 1. The van der Waals surface area contributed by atoms with Crippen LogP contribution in [0.1, 0.15) is 20.7 Å². The van der Waals surface area contributed by atoms with E-state index in [0.717, 1.165) is 18.8 Å². The van der Waals surface area contributed by atoms with Gasteiger partial charge in [0.05, 0.1) is 13.2 Å². The van der Waals surface area contributed by atoms with Crippen LogP contribution in [0.5, 0.6) is 0 Å². The van der Waals surface area contributed by atoms with Crippen LogP contribution in [0.25, 0.3) is 0 Å². The molecule has 0 aromatic heterocycles. The molecule has 1 aliphatic heterocycles. The summed E-state index contributed by atoms with van der Waals surface area (Å²) in [5, 5.41) is 11.4. The Balaban J connectivity index is 1.63. The predicted molar refractivity (Wildman–Crippen MR) is 93.1 cm³/mol. The first kappa shape index (κ1) is 16.9. The van der Waals surface area contributed by atoms with E-state index in [-0.39, 0.29) is 5.91 Å². The first-order chi connectivity index (χ1) is 12.2. The van der Waals surface area contributed by atoms with Gasteiger partial charge < -0.3 is 15.0 Å². The summed E-state index contributed by atoms with van der Waals surface area (Å²) < 4.78 is 5.34. The van der Waals surface area contributed by atoms with E-state index in [1.54, 1.807) is 29.7 Å². The first-order valence-electron chi connectivity index (χ1n) is 7.96.